The maximum atomic E-state index is 4.62. The lowest BCUT2D eigenvalue weighted by Crippen LogP contribution is -2.08. The Morgan fingerprint density at radius 2 is 1.80 bits per heavy atom. The highest BCUT2D eigenvalue weighted by molar-refractivity contribution is 9.10. The number of nitrogens with one attached hydrogen (secondary N) is 1. The molecule has 1 aromatic heterocycles. The Kier molecular flexibility index (Phi) is 5.24. The molecule has 0 atom stereocenters. The predicted octanol–water partition coefficient (Wildman–Crippen LogP) is 4.40. The molecule has 4 heteroatoms. The zero-order chi connectivity index (χ0) is 14.5. The minimum atomic E-state index is 0.785. The van der Waals surface area contributed by atoms with Crippen molar-refractivity contribution in [2.75, 3.05) is 5.32 Å². The highest BCUT2D eigenvalue weighted by atomic mass is 79.9. The van der Waals surface area contributed by atoms with Gasteiger partial charge in [-0.1, -0.05) is 26.0 Å². The van der Waals surface area contributed by atoms with E-state index < -0.39 is 0 Å². The van der Waals surface area contributed by atoms with Gasteiger partial charge < -0.3 is 5.32 Å². The molecule has 1 N–H and O–H groups in total. The lowest BCUT2D eigenvalue weighted by molar-refractivity contribution is 0.619. The van der Waals surface area contributed by atoms with Crippen LogP contribution < -0.4 is 5.32 Å². The summed E-state index contributed by atoms with van der Waals surface area (Å²) in [6.45, 7) is 8.11. The molecule has 0 spiro atoms. The summed E-state index contributed by atoms with van der Waals surface area (Å²) in [6.07, 6.45) is 2.03. The van der Waals surface area contributed by atoms with Crippen molar-refractivity contribution < 1.29 is 0 Å². The van der Waals surface area contributed by atoms with E-state index in [1.807, 2.05) is 0 Å². The van der Waals surface area contributed by atoms with Gasteiger partial charge in [0.25, 0.3) is 0 Å². The molecule has 0 aliphatic carbocycles. The average molecular weight is 336 g/mol. The Morgan fingerprint density at radius 3 is 2.35 bits per heavy atom. The van der Waals surface area contributed by atoms with Gasteiger partial charge >= 0.3 is 0 Å². The van der Waals surface area contributed by atoms with Crippen LogP contribution in [0, 0.1) is 0 Å². The van der Waals surface area contributed by atoms with Crippen molar-refractivity contribution in [3.63, 3.8) is 0 Å². The van der Waals surface area contributed by atoms with Gasteiger partial charge in [-0.3, -0.25) is 4.68 Å². The number of anilines is 1. The third kappa shape index (κ3) is 3.23. The standard InChI is InChI=1S/C16H22BrN3/c1-4-12-7-9-13(10-8-12)18-11-15-16(17)14(5-2)19-20(15)6-3/h7-10,18H,4-6,11H2,1-3H3. The monoisotopic (exact) mass is 335 g/mol. The van der Waals surface area contributed by atoms with Gasteiger partial charge in [-0.15, -0.1) is 0 Å². The van der Waals surface area contributed by atoms with E-state index in [1.54, 1.807) is 0 Å². The van der Waals surface area contributed by atoms with E-state index in [9.17, 15) is 0 Å². The van der Waals surface area contributed by atoms with Crippen LogP contribution in [0.1, 0.15) is 37.7 Å². The lowest BCUT2D eigenvalue weighted by Gasteiger charge is -2.09. The van der Waals surface area contributed by atoms with Crippen molar-refractivity contribution in [2.24, 2.45) is 0 Å². The van der Waals surface area contributed by atoms with Gasteiger partial charge in [-0.05, 0) is 53.4 Å². The molecule has 1 aromatic carbocycles. The summed E-state index contributed by atoms with van der Waals surface area (Å²) >= 11 is 3.68. The molecule has 0 aliphatic heterocycles. The first kappa shape index (κ1) is 15.1. The van der Waals surface area contributed by atoms with Gasteiger partial charge in [-0.25, -0.2) is 0 Å². The van der Waals surface area contributed by atoms with Crippen LogP contribution >= 0.6 is 15.9 Å². The number of hydrogen-bond donors (Lipinski definition) is 1. The van der Waals surface area contributed by atoms with Gasteiger partial charge in [0.05, 0.1) is 22.4 Å². The van der Waals surface area contributed by atoms with Crippen LogP contribution in [0.3, 0.4) is 0 Å². The Morgan fingerprint density at radius 1 is 1.10 bits per heavy atom. The number of nitrogens with zero attached hydrogens (tertiary/aromatic N) is 2. The second-order valence-corrected chi connectivity index (χ2v) is 5.57. The molecule has 108 valence electrons. The zero-order valence-corrected chi connectivity index (χ0v) is 14.0. The van der Waals surface area contributed by atoms with Crippen LogP contribution in [0.4, 0.5) is 5.69 Å². The summed E-state index contributed by atoms with van der Waals surface area (Å²) in [6, 6.07) is 8.62. The first-order valence-electron chi connectivity index (χ1n) is 7.26. The van der Waals surface area contributed by atoms with Gasteiger partial charge in [-0.2, -0.15) is 5.10 Å². The number of hydrogen-bond acceptors (Lipinski definition) is 2. The van der Waals surface area contributed by atoms with Crippen LogP contribution in [-0.2, 0) is 25.9 Å². The molecule has 1 heterocycles. The fourth-order valence-corrected chi connectivity index (χ4v) is 2.93. The van der Waals surface area contributed by atoms with E-state index in [1.165, 1.54) is 11.3 Å². The summed E-state index contributed by atoms with van der Waals surface area (Å²) in [7, 11) is 0. The second-order valence-electron chi connectivity index (χ2n) is 4.78. The van der Waals surface area contributed by atoms with Crippen LogP contribution in [0.5, 0.6) is 0 Å². The Hall–Kier alpha value is -1.29. The fraction of sp³-hybridized carbons (Fsp3) is 0.438. The highest BCUT2D eigenvalue weighted by Crippen LogP contribution is 2.23. The van der Waals surface area contributed by atoms with Crippen molar-refractivity contribution in [3.8, 4) is 0 Å². The van der Waals surface area contributed by atoms with Crippen molar-refractivity contribution in [1.82, 2.24) is 9.78 Å². The first-order valence-corrected chi connectivity index (χ1v) is 8.05. The summed E-state index contributed by atoms with van der Waals surface area (Å²) in [5.41, 5.74) is 4.86. The molecule has 0 amide bonds. The van der Waals surface area contributed by atoms with Gasteiger partial charge in [0.1, 0.15) is 0 Å². The van der Waals surface area contributed by atoms with E-state index in [4.69, 9.17) is 0 Å². The average Bonchev–Trinajstić information content (AvgIpc) is 2.81. The van der Waals surface area contributed by atoms with E-state index in [0.717, 1.165) is 41.8 Å². The molecule has 0 unspecified atom stereocenters. The van der Waals surface area contributed by atoms with E-state index in [2.05, 4.69) is 76.1 Å². The Balaban J connectivity index is 2.11. The largest absolute Gasteiger partial charge is 0.379 e. The number of halogens is 1. The Labute approximate surface area is 129 Å². The first-order chi connectivity index (χ1) is 9.69. The van der Waals surface area contributed by atoms with Crippen molar-refractivity contribution in [2.45, 2.75) is 46.7 Å². The van der Waals surface area contributed by atoms with E-state index >= 15 is 0 Å². The molecule has 0 aliphatic rings. The minimum absolute atomic E-state index is 0.785. The molecule has 2 rings (SSSR count). The quantitative estimate of drug-likeness (QED) is 0.847. The number of aromatic nitrogens is 2. The lowest BCUT2D eigenvalue weighted by atomic mass is 10.1. The molecular formula is C16H22BrN3. The van der Waals surface area contributed by atoms with Gasteiger partial charge in [0.15, 0.2) is 0 Å². The minimum Gasteiger partial charge on any atom is -0.379 e. The highest BCUT2D eigenvalue weighted by Gasteiger charge is 2.13. The molecule has 3 nitrogen and oxygen atoms in total. The SMILES string of the molecule is CCc1ccc(NCc2c(Br)c(CC)nn2CC)cc1. The van der Waals surface area contributed by atoms with Crippen molar-refractivity contribution in [3.05, 3.63) is 45.7 Å². The fourth-order valence-electron chi connectivity index (χ4n) is 2.23. The van der Waals surface area contributed by atoms with Crippen molar-refractivity contribution >= 4 is 21.6 Å². The smallest absolute Gasteiger partial charge is 0.0767 e. The Bertz CT molecular complexity index is 558. The van der Waals surface area contributed by atoms with E-state index in [0.29, 0.717) is 0 Å². The summed E-state index contributed by atoms with van der Waals surface area (Å²) < 4.78 is 3.20. The predicted molar refractivity (Wildman–Crippen MR) is 88.1 cm³/mol. The molecule has 0 saturated carbocycles. The normalized spacial score (nSPS) is 10.8. The van der Waals surface area contributed by atoms with Crippen LogP contribution in [0.2, 0.25) is 0 Å². The number of benzene rings is 1. The zero-order valence-electron chi connectivity index (χ0n) is 12.4. The molecule has 0 fully saturated rings. The van der Waals surface area contributed by atoms with Crippen LogP contribution in [0.15, 0.2) is 28.7 Å². The molecule has 0 radical (unpaired) electrons. The van der Waals surface area contributed by atoms with Gasteiger partial charge in [0, 0.05) is 12.2 Å². The third-order valence-electron chi connectivity index (χ3n) is 3.52. The summed E-state index contributed by atoms with van der Waals surface area (Å²) in [5.74, 6) is 0. The van der Waals surface area contributed by atoms with Crippen LogP contribution in [-0.4, -0.2) is 9.78 Å². The number of aryl methyl sites for hydroxylation is 3. The maximum Gasteiger partial charge on any atom is 0.0767 e. The van der Waals surface area contributed by atoms with Gasteiger partial charge in [0.2, 0.25) is 0 Å². The van der Waals surface area contributed by atoms with Crippen molar-refractivity contribution in [1.29, 1.82) is 0 Å². The molecule has 2 aromatic rings. The third-order valence-corrected chi connectivity index (χ3v) is 4.43. The molecule has 0 bridgehead atoms. The van der Waals surface area contributed by atoms with E-state index in [-0.39, 0.29) is 0 Å². The number of rotatable bonds is 6. The second kappa shape index (κ2) is 6.93. The molecular weight excluding hydrogens is 314 g/mol. The molecule has 20 heavy (non-hydrogen) atoms. The molecule has 0 saturated heterocycles. The topological polar surface area (TPSA) is 29.9 Å². The maximum absolute atomic E-state index is 4.62. The van der Waals surface area contributed by atoms with Crippen LogP contribution in [0.25, 0.3) is 0 Å². The summed E-state index contributed by atoms with van der Waals surface area (Å²) in [5, 5.41) is 8.09. The summed E-state index contributed by atoms with van der Waals surface area (Å²) in [4.78, 5) is 0.